The van der Waals surface area contributed by atoms with E-state index in [1.165, 1.54) is 0 Å². The molecule has 0 radical (unpaired) electrons. The Hall–Kier alpha value is -0.820. The number of alkyl halides is 3. The van der Waals surface area contributed by atoms with Gasteiger partial charge in [0.25, 0.3) is 0 Å². The van der Waals surface area contributed by atoms with Crippen molar-refractivity contribution in [3.8, 4) is 0 Å². The number of carbonyl (C=O) groups excluding carboxylic acids is 1. The average molecular weight is 268 g/mol. The maximum absolute atomic E-state index is 11.9. The summed E-state index contributed by atoms with van der Waals surface area (Å²) in [6.07, 6.45) is -1.77. The van der Waals surface area contributed by atoms with Crippen molar-refractivity contribution in [3.05, 3.63) is 0 Å². The zero-order valence-corrected chi connectivity index (χ0v) is 10.2. The minimum absolute atomic E-state index is 0.00198. The van der Waals surface area contributed by atoms with Crippen LogP contribution in [0.2, 0.25) is 0 Å². The van der Waals surface area contributed by atoms with Gasteiger partial charge in [0.15, 0.2) is 0 Å². The van der Waals surface area contributed by atoms with E-state index in [0.29, 0.717) is 18.9 Å². The Bertz CT molecular complexity index is 270. The topological polar surface area (TPSA) is 52.6 Å². The number of hydrogen-bond donors (Lipinski definition) is 2. The number of amides is 1. The summed E-state index contributed by atoms with van der Waals surface area (Å²) in [5.74, 6) is -0.267. The van der Waals surface area contributed by atoms with Crippen LogP contribution >= 0.6 is 0 Å². The number of nitrogens with one attached hydrogen (secondary N) is 1. The minimum Gasteiger partial charge on any atom is -0.396 e. The average Bonchev–Trinajstić information content (AvgIpc) is 2.26. The predicted octanol–water partition coefficient (Wildman–Crippen LogP) is 0.759. The van der Waals surface area contributed by atoms with Gasteiger partial charge in [-0.25, -0.2) is 0 Å². The van der Waals surface area contributed by atoms with Gasteiger partial charge in [0.05, 0.1) is 6.54 Å². The van der Waals surface area contributed by atoms with Crippen molar-refractivity contribution in [2.24, 2.45) is 5.92 Å². The van der Waals surface area contributed by atoms with Crippen LogP contribution in [0.3, 0.4) is 0 Å². The molecule has 0 aromatic carbocycles. The fraction of sp³-hybridized carbons (Fsp3) is 0.909. The Balaban J connectivity index is 2.26. The van der Waals surface area contributed by atoms with E-state index in [9.17, 15) is 18.0 Å². The molecule has 1 heterocycles. The Labute approximate surface area is 104 Å². The highest BCUT2D eigenvalue weighted by atomic mass is 19.4. The number of carbonyl (C=O) groups is 1. The first-order chi connectivity index (χ1) is 8.40. The smallest absolute Gasteiger partial charge is 0.396 e. The maximum Gasteiger partial charge on any atom is 0.405 e. The van der Waals surface area contributed by atoms with E-state index in [0.717, 1.165) is 19.4 Å². The number of aliphatic hydroxyl groups is 1. The largest absolute Gasteiger partial charge is 0.405 e. The van der Waals surface area contributed by atoms with Gasteiger partial charge in [0, 0.05) is 13.2 Å². The predicted molar refractivity (Wildman–Crippen MR) is 59.9 cm³/mol. The summed E-state index contributed by atoms with van der Waals surface area (Å²) in [4.78, 5) is 13.2. The quantitative estimate of drug-likeness (QED) is 0.774. The van der Waals surface area contributed by atoms with Gasteiger partial charge < -0.3 is 10.4 Å². The first-order valence-corrected chi connectivity index (χ1v) is 6.07. The van der Waals surface area contributed by atoms with Crippen LogP contribution in [0, 0.1) is 5.92 Å². The van der Waals surface area contributed by atoms with Gasteiger partial charge in [0.1, 0.15) is 6.54 Å². The molecule has 1 unspecified atom stereocenters. The summed E-state index contributed by atoms with van der Waals surface area (Å²) in [7, 11) is 0. The Morgan fingerprint density at radius 3 is 2.78 bits per heavy atom. The lowest BCUT2D eigenvalue weighted by molar-refractivity contribution is -0.139. The number of aliphatic hydroxyl groups excluding tert-OH is 1. The van der Waals surface area contributed by atoms with Crippen molar-refractivity contribution >= 4 is 5.91 Å². The zero-order valence-electron chi connectivity index (χ0n) is 10.2. The van der Waals surface area contributed by atoms with Gasteiger partial charge in [-0.05, 0) is 31.7 Å². The minimum atomic E-state index is -4.36. The van der Waals surface area contributed by atoms with E-state index in [4.69, 9.17) is 5.11 Å². The van der Waals surface area contributed by atoms with Crippen LogP contribution in [0.5, 0.6) is 0 Å². The van der Waals surface area contributed by atoms with Gasteiger partial charge in [0.2, 0.25) is 5.91 Å². The van der Waals surface area contributed by atoms with Crippen LogP contribution in [0.4, 0.5) is 13.2 Å². The van der Waals surface area contributed by atoms with Crippen molar-refractivity contribution in [1.29, 1.82) is 0 Å². The summed E-state index contributed by atoms with van der Waals surface area (Å²) >= 11 is 0. The van der Waals surface area contributed by atoms with Crippen LogP contribution in [0.1, 0.15) is 19.3 Å². The molecule has 18 heavy (non-hydrogen) atoms. The zero-order chi connectivity index (χ0) is 13.6. The summed E-state index contributed by atoms with van der Waals surface area (Å²) in [6, 6.07) is 0. The molecule has 4 nitrogen and oxygen atoms in total. The van der Waals surface area contributed by atoms with Gasteiger partial charge in [-0.3, -0.25) is 9.69 Å². The number of rotatable bonds is 5. The Kier molecular flexibility index (Phi) is 5.87. The molecule has 0 spiro atoms. The van der Waals surface area contributed by atoms with Gasteiger partial charge in [-0.2, -0.15) is 13.2 Å². The first kappa shape index (κ1) is 15.2. The summed E-state index contributed by atoms with van der Waals surface area (Å²) in [5.41, 5.74) is 0. The highest BCUT2D eigenvalue weighted by Gasteiger charge is 2.28. The van der Waals surface area contributed by atoms with Crippen LogP contribution < -0.4 is 5.32 Å². The Morgan fingerprint density at radius 1 is 1.44 bits per heavy atom. The van der Waals surface area contributed by atoms with Crippen molar-refractivity contribution in [2.45, 2.75) is 25.4 Å². The molecule has 0 aromatic heterocycles. The second-order valence-corrected chi connectivity index (χ2v) is 4.65. The molecule has 1 aliphatic rings. The summed E-state index contributed by atoms with van der Waals surface area (Å²) in [5, 5.41) is 10.7. The third-order valence-corrected chi connectivity index (χ3v) is 2.99. The first-order valence-electron chi connectivity index (χ1n) is 6.07. The van der Waals surface area contributed by atoms with Crippen LogP contribution in [0.25, 0.3) is 0 Å². The number of piperidine rings is 1. The van der Waals surface area contributed by atoms with Gasteiger partial charge in [-0.1, -0.05) is 0 Å². The highest BCUT2D eigenvalue weighted by Crippen LogP contribution is 2.18. The lowest BCUT2D eigenvalue weighted by Crippen LogP contribution is -2.44. The molecular formula is C11H19F3N2O2. The molecule has 1 aliphatic heterocycles. The van der Waals surface area contributed by atoms with Crippen molar-refractivity contribution in [3.63, 3.8) is 0 Å². The van der Waals surface area contributed by atoms with E-state index in [1.807, 2.05) is 10.2 Å². The van der Waals surface area contributed by atoms with Gasteiger partial charge >= 0.3 is 6.18 Å². The fourth-order valence-electron chi connectivity index (χ4n) is 2.17. The number of likely N-dealkylation sites (tertiary alicyclic amines) is 1. The molecule has 2 N–H and O–H groups in total. The number of hydrogen-bond acceptors (Lipinski definition) is 3. The van der Waals surface area contributed by atoms with E-state index < -0.39 is 18.6 Å². The molecule has 1 amide bonds. The van der Waals surface area contributed by atoms with Crippen LogP contribution in [0.15, 0.2) is 0 Å². The highest BCUT2D eigenvalue weighted by molar-refractivity contribution is 5.78. The second-order valence-electron chi connectivity index (χ2n) is 4.65. The summed E-state index contributed by atoms with van der Waals surface area (Å²) < 4.78 is 35.7. The third kappa shape index (κ3) is 6.20. The van der Waals surface area contributed by atoms with Crippen LogP contribution in [-0.4, -0.2) is 54.9 Å². The molecule has 0 bridgehead atoms. The molecule has 1 rings (SSSR count). The maximum atomic E-state index is 11.9. The second kappa shape index (κ2) is 6.94. The fourth-order valence-corrected chi connectivity index (χ4v) is 2.17. The molecule has 1 saturated heterocycles. The van der Waals surface area contributed by atoms with Crippen molar-refractivity contribution in [1.82, 2.24) is 10.2 Å². The standard InChI is InChI=1S/C11H19F3N2O2/c12-11(13,14)8-15-10(18)7-16-4-1-2-9(6-16)3-5-17/h9,17H,1-8H2,(H,15,18). The third-order valence-electron chi connectivity index (χ3n) is 2.99. The van der Waals surface area contributed by atoms with Crippen molar-refractivity contribution in [2.75, 3.05) is 32.8 Å². The SMILES string of the molecule is O=C(CN1CCCC(CCO)C1)NCC(F)(F)F. The summed E-state index contributed by atoms with van der Waals surface area (Å²) in [6.45, 7) is 0.220. The monoisotopic (exact) mass is 268 g/mol. The van der Waals surface area contributed by atoms with E-state index in [1.54, 1.807) is 0 Å². The Morgan fingerprint density at radius 2 is 2.17 bits per heavy atom. The van der Waals surface area contributed by atoms with Crippen molar-refractivity contribution < 1.29 is 23.1 Å². The molecule has 7 heteroatoms. The molecule has 0 aliphatic carbocycles. The lowest BCUT2D eigenvalue weighted by Gasteiger charge is -2.31. The van der Waals surface area contributed by atoms with Gasteiger partial charge in [-0.15, -0.1) is 0 Å². The molecule has 0 aromatic rings. The van der Waals surface area contributed by atoms with Crippen LogP contribution in [-0.2, 0) is 4.79 Å². The molecular weight excluding hydrogens is 249 g/mol. The molecule has 1 atom stereocenters. The molecule has 106 valence electrons. The number of nitrogens with zero attached hydrogens (tertiary/aromatic N) is 1. The van der Waals surface area contributed by atoms with E-state index >= 15 is 0 Å². The van der Waals surface area contributed by atoms with E-state index in [2.05, 4.69) is 0 Å². The molecule has 0 saturated carbocycles. The lowest BCUT2D eigenvalue weighted by atomic mass is 9.95. The normalized spacial score (nSPS) is 21.9. The molecule has 1 fully saturated rings. The van der Waals surface area contributed by atoms with E-state index in [-0.39, 0.29) is 13.2 Å². The number of halogens is 3.